The van der Waals surface area contributed by atoms with Crippen LogP contribution in [0.1, 0.15) is 36.8 Å². The summed E-state index contributed by atoms with van der Waals surface area (Å²) in [5.41, 5.74) is -0.242. The molecule has 0 radical (unpaired) electrons. The third-order valence-electron chi connectivity index (χ3n) is 1.92. The summed E-state index contributed by atoms with van der Waals surface area (Å²) in [6.07, 6.45) is 0.864. The summed E-state index contributed by atoms with van der Waals surface area (Å²) in [4.78, 5) is 26.2. The van der Waals surface area contributed by atoms with Gasteiger partial charge in [0.1, 0.15) is 5.60 Å². The zero-order valence-electron chi connectivity index (χ0n) is 10.6. The molecule has 0 saturated heterocycles. The minimum Gasteiger partial charge on any atom is -0.478 e. The van der Waals surface area contributed by atoms with Crippen LogP contribution in [0.3, 0.4) is 0 Å². The number of pyridine rings is 1. The van der Waals surface area contributed by atoms with E-state index in [0.29, 0.717) is 0 Å². The van der Waals surface area contributed by atoms with Gasteiger partial charge in [-0.05, 0) is 32.9 Å². The molecule has 1 heterocycles. The van der Waals surface area contributed by atoms with Gasteiger partial charge in [0.15, 0.2) is 0 Å². The Bertz CT molecular complexity index is 452. The van der Waals surface area contributed by atoms with Crippen LogP contribution in [-0.2, 0) is 11.3 Å². The molecule has 0 aliphatic carbocycles. The van der Waals surface area contributed by atoms with E-state index in [1.54, 1.807) is 20.8 Å². The maximum Gasteiger partial charge on any atom is 0.407 e. The fraction of sp³-hybridized carbons (Fsp3) is 0.417. The molecule has 1 amide bonds. The summed E-state index contributed by atoms with van der Waals surface area (Å²) >= 11 is 0. The van der Waals surface area contributed by atoms with Gasteiger partial charge in [-0.25, -0.2) is 9.59 Å². The summed E-state index contributed by atoms with van der Waals surface area (Å²) in [7, 11) is 0. The van der Waals surface area contributed by atoms with Gasteiger partial charge in [0.2, 0.25) is 0 Å². The van der Waals surface area contributed by atoms with Crippen LogP contribution in [-0.4, -0.2) is 27.8 Å². The molecule has 0 aliphatic heterocycles. The molecule has 6 heteroatoms. The van der Waals surface area contributed by atoms with Crippen LogP contribution in [0.4, 0.5) is 4.79 Å². The van der Waals surface area contributed by atoms with Gasteiger partial charge in [0.25, 0.3) is 0 Å². The van der Waals surface area contributed by atoms with Crippen LogP contribution >= 0.6 is 0 Å². The maximum atomic E-state index is 11.4. The number of carbonyl (C=O) groups excluding carboxylic acids is 1. The standard InChI is InChI=1S/C12H16N2O4/c1-12(2,3)18-11(17)14-7-9-8(10(15)16)5-4-6-13-9/h4-6H,7H2,1-3H3,(H,14,17)(H,15,16). The van der Waals surface area contributed by atoms with Crippen LogP contribution in [0.2, 0.25) is 0 Å². The molecule has 1 aromatic rings. The van der Waals surface area contributed by atoms with Gasteiger partial charge in [0, 0.05) is 6.20 Å². The number of aromatic nitrogens is 1. The molecule has 0 aliphatic rings. The summed E-state index contributed by atoms with van der Waals surface area (Å²) < 4.78 is 5.03. The normalized spacial score (nSPS) is 10.8. The number of hydrogen-bond acceptors (Lipinski definition) is 4. The summed E-state index contributed by atoms with van der Waals surface area (Å²) in [6, 6.07) is 2.96. The SMILES string of the molecule is CC(C)(C)OC(=O)NCc1ncccc1C(=O)O. The van der Waals surface area contributed by atoms with Crippen molar-refractivity contribution in [2.24, 2.45) is 0 Å². The quantitative estimate of drug-likeness (QED) is 0.856. The highest BCUT2D eigenvalue weighted by atomic mass is 16.6. The molecular formula is C12H16N2O4. The highest BCUT2D eigenvalue weighted by Crippen LogP contribution is 2.08. The largest absolute Gasteiger partial charge is 0.478 e. The molecular weight excluding hydrogens is 236 g/mol. The molecule has 0 bridgehead atoms. The van der Waals surface area contributed by atoms with E-state index in [0.717, 1.165) is 0 Å². The lowest BCUT2D eigenvalue weighted by molar-refractivity contribution is 0.0520. The molecule has 18 heavy (non-hydrogen) atoms. The molecule has 1 rings (SSSR count). The predicted molar refractivity (Wildman–Crippen MR) is 64.3 cm³/mol. The predicted octanol–water partition coefficient (Wildman–Crippen LogP) is 1.80. The van der Waals surface area contributed by atoms with Crippen LogP contribution < -0.4 is 5.32 Å². The number of ether oxygens (including phenoxy) is 1. The Labute approximate surface area is 105 Å². The van der Waals surface area contributed by atoms with Crippen molar-refractivity contribution < 1.29 is 19.4 Å². The third kappa shape index (κ3) is 4.40. The fourth-order valence-corrected chi connectivity index (χ4v) is 1.24. The minimum absolute atomic E-state index is 0.0113. The van der Waals surface area contributed by atoms with E-state index in [1.165, 1.54) is 18.3 Å². The third-order valence-corrected chi connectivity index (χ3v) is 1.92. The topological polar surface area (TPSA) is 88.5 Å². The highest BCUT2D eigenvalue weighted by Gasteiger charge is 2.17. The van der Waals surface area contributed by atoms with Crippen LogP contribution in [0, 0.1) is 0 Å². The average molecular weight is 252 g/mol. The van der Waals surface area contributed by atoms with Crippen molar-refractivity contribution in [3.63, 3.8) is 0 Å². The van der Waals surface area contributed by atoms with Gasteiger partial charge in [-0.1, -0.05) is 0 Å². The Morgan fingerprint density at radius 1 is 1.44 bits per heavy atom. The highest BCUT2D eigenvalue weighted by molar-refractivity contribution is 5.88. The van der Waals surface area contributed by atoms with Crippen LogP contribution in [0.25, 0.3) is 0 Å². The summed E-state index contributed by atoms with van der Waals surface area (Å²) in [5.74, 6) is -1.08. The second-order valence-corrected chi connectivity index (χ2v) is 4.66. The van der Waals surface area contributed by atoms with Gasteiger partial charge < -0.3 is 15.2 Å². The van der Waals surface area contributed by atoms with Crippen LogP contribution in [0.15, 0.2) is 18.3 Å². The molecule has 6 nitrogen and oxygen atoms in total. The van der Waals surface area contributed by atoms with Crippen molar-refractivity contribution >= 4 is 12.1 Å². The lowest BCUT2D eigenvalue weighted by Crippen LogP contribution is -2.32. The van der Waals surface area contributed by atoms with Crippen molar-refractivity contribution in [2.75, 3.05) is 0 Å². The number of carboxylic acids is 1. The van der Waals surface area contributed by atoms with Crippen molar-refractivity contribution in [2.45, 2.75) is 32.9 Å². The number of hydrogen-bond donors (Lipinski definition) is 2. The lowest BCUT2D eigenvalue weighted by atomic mass is 10.2. The number of rotatable bonds is 3. The smallest absolute Gasteiger partial charge is 0.407 e. The Morgan fingerprint density at radius 2 is 2.11 bits per heavy atom. The van der Waals surface area contributed by atoms with E-state index >= 15 is 0 Å². The molecule has 1 aromatic heterocycles. The summed E-state index contributed by atoms with van der Waals surface area (Å²) in [5, 5.41) is 11.4. The number of alkyl carbamates (subject to hydrolysis) is 1. The first kappa shape index (κ1) is 14.0. The van der Waals surface area contributed by atoms with E-state index in [-0.39, 0.29) is 17.8 Å². The van der Waals surface area contributed by atoms with Gasteiger partial charge in [-0.2, -0.15) is 0 Å². The molecule has 98 valence electrons. The molecule has 0 unspecified atom stereocenters. The summed E-state index contributed by atoms with van der Waals surface area (Å²) in [6.45, 7) is 5.25. The lowest BCUT2D eigenvalue weighted by Gasteiger charge is -2.19. The second-order valence-electron chi connectivity index (χ2n) is 4.66. The van der Waals surface area contributed by atoms with Crippen molar-refractivity contribution in [1.29, 1.82) is 0 Å². The first-order valence-corrected chi connectivity index (χ1v) is 5.43. The van der Waals surface area contributed by atoms with Crippen molar-refractivity contribution in [3.05, 3.63) is 29.6 Å². The number of nitrogens with zero attached hydrogens (tertiary/aromatic N) is 1. The van der Waals surface area contributed by atoms with Gasteiger partial charge in [0.05, 0.1) is 17.8 Å². The average Bonchev–Trinajstić information content (AvgIpc) is 2.24. The van der Waals surface area contributed by atoms with E-state index in [2.05, 4.69) is 10.3 Å². The monoisotopic (exact) mass is 252 g/mol. The van der Waals surface area contributed by atoms with E-state index in [4.69, 9.17) is 9.84 Å². The number of carbonyl (C=O) groups is 2. The second kappa shape index (κ2) is 5.48. The fourth-order valence-electron chi connectivity index (χ4n) is 1.24. The molecule has 0 atom stereocenters. The number of amides is 1. The van der Waals surface area contributed by atoms with Crippen LogP contribution in [0.5, 0.6) is 0 Å². The first-order chi connectivity index (χ1) is 8.29. The Morgan fingerprint density at radius 3 is 2.67 bits per heavy atom. The first-order valence-electron chi connectivity index (χ1n) is 5.43. The molecule has 2 N–H and O–H groups in total. The number of carboxylic acid groups (broad SMARTS) is 1. The van der Waals surface area contributed by atoms with Crippen molar-refractivity contribution in [1.82, 2.24) is 10.3 Å². The van der Waals surface area contributed by atoms with Gasteiger partial charge >= 0.3 is 12.1 Å². The van der Waals surface area contributed by atoms with E-state index in [9.17, 15) is 9.59 Å². The maximum absolute atomic E-state index is 11.4. The molecule has 0 fully saturated rings. The zero-order chi connectivity index (χ0) is 13.8. The Balaban J connectivity index is 2.64. The van der Waals surface area contributed by atoms with Gasteiger partial charge in [-0.15, -0.1) is 0 Å². The van der Waals surface area contributed by atoms with E-state index < -0.39 is 17.7 Å². The van der Waals surface area contributed by atoms with E-state index in [1.807, 2.05) is 0 Å². The number of aromatic carboxylic acids is 1. The minimum atomic E-state index is -1.08. The zero-order valence-corrected chi connectivity index (χ0v) is 10.6. The molecule has 0 saturated carbocycles. The Kier molecular flexibility index (Phi) is 4.25. The molecule has 0 aromatic carbocycles. The number of nitrogens with one attached hydrogen (secondary N) is 1. The van der Waals surface area contributed by atoms with Gasteiger partial charge in [-0.3, -0.25) is 4.98 Å². The Hall–Kier alpha value is -2.11. The van der Waals surface area contributed by atoms with Crippen molar-refractivity contribution in [3.8, 4) is 0 Å². The molecule has 0 spiro atoms.